The van der Waals surface area contributed by atoms with E-state index in [0.717, 1.165) is 11.5 Å². The minimum atomic E-state index is 0.991. The maximum Gasteiger partial charge on any atom is 0.141 e. The fourth-order valence-corrected chi connectivity index (χ4v) is 3.06. The van der Waals surface area contributed by atoms with Gasteiger partial charge >= 0.3 is 0 Å². The third kappa shape index (κ3) is 1.08. The number of aromatic nitrogens is 2. The molecule has 0 unspecified atom stereocenters. The highest BCUT2D eigenvalue weighted by atomic mass is 15.1. The Hall–Kier alpha value is -2.81. The van der Waals surface area contributed by atoms with Gasteiger partial charge in [0.25, 0.3) is 0 Å². The molecule has 2 aromatic carbocycles. The van der Waals surface area contributed by atoms with E-state index in [9.17, 15) is 0 Å². The average Bonchev–Trinajstić information content (AvgIpc) is 2.91. The molecule has 0 aliphatic carbocycles. The second-order valence-corrected chi connectivity index (χ2v) is 5.06. The number of para-hydroxylation sites is 2. The Morgan fingerprint density at radius 3 is 2.50 bits per heavy atom. The SMILES string of the molecule is C1=Nc2[nH]c3c(c21)c1ccccc1n3-c1ccccc1. The normalized spacial score (nSPS) is 12.8. The number of aromatic amines is 1. The van der Waals surface area contributed by atoms with Crippen molar-refractivity contribution >= 4 is 34.0 Å². The molecule has 0 atom stereocenters. The molecule has 3 heterocycles. The van der Waals surface area contributed by atoms with Gasteiger partial charge in [-0.1, -0.05) is 36.4 Å². The fourth-order valence-electron chi connectivity index (χ4n) is 3.06. The highest BCUT2D eigenvalue weighted by Gasteiger charge is 2.22. The average molecular weight is 257 g/mol. The van der Waals surface area contributed by atoms with Crippen molar-refractivity contribution in [2.24, 2.45) is 4.99 Å². The van der Waals surface area contributed by atoms with E-state index in [-0.39, 0.29) is 0 Å². The van der Waals surface area contributed by atoms with Crippen molar-refractivity contribution in [3.05, 3.63) is 60.2 Å². The predicted molar refractivity (Wildman–Crippen MR) is 82.4 cm³/mol. The first-order valence-corrected chi connectivity index (χ1v) is 6.68. The quantitative estimate of drug-likeness (QED) is 0.467. The summed E-state index contributed by atoms with van der Waals surface area (Å²) in [6.07, 6.45) is 1.94. The molecule has 0 saturated heterocycles. The zero-order valence-electron chi connectivity index (χ0n) is 10.7. The standard InChI is InChI=1S/C17H11N3/c1-2-6-11(7-3-1)20-14-9-5-4-8-12(14)15-13-10-18-16(13)19-17(15)20/h1-10H,(H,18,19). The molecule has 2 aromatic heterocycles. The summed E-state index contributed by atoms with van der Waals surface area (Å²) >= 11 is 0. The van der Waals surface area contributed by atoms with E-state index in [1.165, 1.54) is 27.5 Å². The van der Waals surface area contributed by atoms with Crippen LogP contribution in [0.3, 0.4) is 0 Å². The second kappa shape index (κ2) is 3.39. The number of hydrogen-bond donors (Lipinski definition) is 1. The van der Waals surface area contributed by atoms with E-state index < -0.39 is 0 Å². The van der Waals surface area contributed by atoms with Gasteiger partial charge in [0.15, 0.2) is 0 Å². The lowest BCUT2D eigenvalue weighted by atomic mass is 10.1. The zero-order chi connectivity index (χ0) is 13.1. The van der Waals surface area contributed by atoms with Crippen molar-refractivity contribution in [2.45, 2.75) is 0 Å². The van der Waals surface area contributed by atoms with Gasteiger partial charge in [0.1, 0.15) is 11.5 Å². The van der Waals surface area contributed by atoms with Crippen LogP contribution in [0, 0.1) is 0 Å². The maximum atomic E-state index is 4.29. The lowest BCUT2D eigenvalue weighted by Crippen LogP contribution is -1.93. The summed E-state index contributed by atoms with van der Waals surface area (Å²) < 4.78 is 2.27. The second-order valence-electron chi connectivity index (χ2n) is 5.06. The van der Waals surface area contributed by atoms with E-state index in [0.29, 0.717) is 0 Å². The summed E-state index contributed by atoms with van der Waals surface area (Å²) in [7, 11) is 0. The van der Waals surface area contributed by atoms with Crippen LogP contribution < -0.4 is 0 Å². The summed E-state index contributed by atoms with van der Waals surface area (Å²) in [6, 6.07) is 19.0. The number of aliphatic imine (C=N–C) groups is 1. The van der Waals surface area contributed by atoms with Crippen LogP contribution in [0.4, 0.5) is 5.82 Å². The van der Waals surface area contributed by atoms with Gasteiger partial charge in [-0.3, -0.25) is 4.57 Å². The van der Waals surface area contributed by atoms with Gasteiger partial charge < -0.3 is 4.98 Å². The van der Waals surface area contributed by atoms with Crippen molar-refractivity contribution in [1.29, 1.82) is 0 Å². The van der Waals surface area contributed by atoms with Crippen LogP contribution in [0.5, 0.6) is 0 Å². The molecular formula is C17H11N3. The van der Waals surface area contributed by atoms with Crippen molar-refractivity contribution in [2.75, 3.05) is 0 Å². The summed E-state index contributed by atoms with van der Waals surface area (Å²) in [6.45, 7) is 0. The van der Waals surface area contributed by atoms with Crippen LogP contribution in [-0.4, -0.2) is 15.8 Å². The molecule has 1 aliphatic heterocycles. The molecule has 1 aliphatic rings. The molecule has 5 rings (SSSR count). The summed E-state index contributed by atoms with van der Waals surface area (Å²) in [5.74, 6) is 0.991. The Morgan fingerprint density at radius 1 is 0.900 bits per heavy atom. The lowest BCUT2D eigenvalue weighted by Gasteiger charge is -2.07. The summed E-state index contributed by atoms with van der Waals surface area (Å²) in [5, 5.41) is 2.55. The molecular weight excluding hydrogens is 246 g/mol. The van der Waals surface area contributed by atoms with E-state index in [4.69, 9.17) is 0 Å². The van der Waals surface area contributed by atoms with Gasteiger partial charge in [0.05, 0.1) is 5.52 Å². The molecule has 0 radical (unpaired) electrons. The molecule has 20 heavy (non-hydrogen) atoms. The Morgan fingerprint density at radius 2 is 1.70 bits per heavy atom. The third-order valence-electron chi connectivity index (χ3n) is 3.97. The van der Waals surface area contributed by atoms with E-state index in [2.05, 4.69) is 63.1 Å². The van der Waals surface area contributed by atoms with Crippen molar-refractivity contribution in [3.8, 4) is 5.69 Å². The van der Waals surface area contributed by atoms with Crippen LogP contribution in [0.2, 0.25) is 0 Å². The van der Waals surface area contributed by atoms with E-state index in [1.807, 2.05) is 12.3 Å². The minimum Gasteiger partial charge on any atom is -0.325 e. The lowest BCUT2D eigenvalue weighted by molar-refractivity contribution is 1.14. The number of rotatable bonds is 1. The van der Waals surface area contributed by atoms with Crippen LogP contribution in [0.1, 0.15) is 5.56 Å². The smallest absolute Gasteiger partial charge is 0.141 e. The molecule has 1 N–H and O–H groups in total. The fraction of sp³-hybridized carbons (Fsp3) is 0. The highest BCUT2D eigenvalue weighted by molar-refractivity contribution is 6.20. The van der Waals surface area contributed by atoms with Gasteiger partial charge in [-0.05, 0) is 18.2 Å². The summed E-state index contributed by atoms with van der Waals surface area (Å²) in [4.78, 5) is 7.72. The van der Waals surface area contributed by atoms with Crippen LogP contribution in [0.25, 0.3) is 27.6 Å². The third-order valence-corrected chi connectivity index (χ3v) is 3.97. The first-order valence-electron chi connectivity index (χ1n) is 6.68. The van der Waals surface area contributed by atoms with Crippen molar-refractivity contribution in [1.82, 2.24) is 9.55 Å². The van der Waals surface area contributed by atoms with E-state index in [1.54, 1.807) is 0 Å². The number of benzene rings is 2. The first kappa shape index (κ1) is 10.0. The number of nitrogens with zero attached hydrogens (tertiary/aromatic N) is 2. The van der Waals surface area contributed by atoms with Crippen LogP contribution >= 0.6 is 0 Å². The summed E-state index contributed by atoms with van der Waals surface area (Å²) in [5.41, 5.74) is 4.74. The van der Waals surface area contributed by atoms with Gasteiger partial charge in [-0.25, -0.2) is 4.99 Å². The monoisotopic (exact) mass is 257 g/mol. The molecule has 3 heteroatoms. The molecule has 0 amide bonds. The van der Waals surface area contributed by atoms with Gasteiger partial charge in [-0.2, -0.15) is 0 Å². The highest BCUT2D eigenvalue weighted by Crippen LogP contribution is 2.40. The molecule has 3 nitrogen and oxygen atoms in total. The number of hydrogen-bond acceptors (Lipinski definition) is 1. The molecule has 0 fully saturated rings. The molecule has 94 valence electrons. The number of nitrogens with one attached hydrogen (secondary N) is 1. The maximum absolute atomic E-state index is 4.29. The molecule has 0 spiro atoms. The zero-order valence-corrected chi connectivity index (χ0v) is 10.7. The van der Waals surface area contributed by atoms with Crippen LogP contribution in [0.15, 0.2) is 59.6 Å². The Kier molecular flexibility index (Phi) is 1.70. The largest absolute Gasteiger partial charge is 0.325 e. The minimum absolute atomic E-state index is 0.991. The molecule has 0 bridgehead atoms. The van der Waals surface area contributed by atoms with Crippen molar-refractivity contribution in [3.63, 3.8) is 0 Å². The van der Waals surface area contributed by atoms with E-state index >= 15 is 0 Å². The Bertz CT molecular complexity index is 987. The van der Waals surface area contributed by atoms with Crippen molar-refractivity contribution < 1.29 is 0 Å². The van der Waals surface area contributed by atoms with Gasteiger partial charge in [0.2, 0.25) is 0 Å². The van der Waals surface area contributed by atoms with Gasteiger partial charge in [0, 0.05) is 28.2 Å². The number of fused-ring (bicyclic) bond motifs is 5. The molecule has 0 saturated carbocycles. The number of H-pyrrole nitrogens is 1. The molecule has 4 aromatic rings. The Balaban J connectivity index is 2.02. The first-order chi connectivity index (χ1) is 9.93. The predicted octanol–water partition coefficient (Wildman–Crippen LogP) is 4.18. The van der Waals surface area contributed by atoms with Gasteiger partial charge in [-0.15, -0.1) is 0 Å². The topological polar surface area (TPSA) is 33.1 Å². The Labute approximate surface area is 115 Å². The van der Waals surface area contributed by atoms with Crippen LogP contribution in [-0.2, 0) is 0 Å².